The Morgan fingerprint density at radius 1 is 0.909 bits per heavy atom. The summed E-state index contributed by atoms with van der Waals surface area (Å²) in [6, 6.07) is 19.1. The van der Waals surface area contributed by atoms with Crippen molar-refractivity contribution in [2.45, 2.75) is 11.8 Å². The van der Waals surface area contributed by atoms with Gasteiger partial charge in [0, 0.05) is 5.41 Å². The molecular formula is C22H20. The van der Waals surface area contributed by atoms with Gasteiger partial charge in [-0.15, -0.1) is 6.58 Å². The summed E-state index contributed by atoms with van der Waals surface area (Å²) in [5.41, 5.74) is 4.83. The van der Waals surface area contributed by atoms with E-state index in [1.807, 2.05) is 6.08 Å². The highest BCUT2D eigenvalue weighted by molar-refractivity contribution is 5.70. The maximum Gasteiger partial charge on any atom is 0.0353 e. The van der Waals surface area contributed by atoms with E-state index in [1.165, 1.54) is 22.3 Å². The third-order valence-corrected chi connectivity index (χ3v) is 4.36. The van der Waals surface area contributed by atoms with Gasteiger partial charge in [0.1, 0.15) is 0 Å². The Kier molecular flexibility index (Phi) is 3.93. The lowest BCUT2D eigenvalue weighted by Crippen LogP contribution is -2.22. The van der Waals surface area contributed by atoms with Crippen LogP contribution >= 0.6 is 0 Å². The summed E-state index contributed by atoms with van der Waals surface area (Å²) >= 11 is 0. The molecule has 2 aromatic rings. The third-order valence-electron chi connectivity index (χ3n) is 4.36. The highest BCUT2D eigenvalue weighted by atomic mass is 14.3. The van der Waals surface area contributed by atoms with Crippen LogP contribution in [0.15, 0.2) is 104 Å². The molecule has 0 aromatic heterocycles. The average Bonchev–Trinajstić information content (AvgIpc) is 2.62. The molecule has 0 nitrogen and oxygen atoms in total. The Balaban J connectivity index is 2.13. The van der Waals surface area contributed by atoms with Gasteiger partial charge in [0.05, 0.1) is 0 Å². The predicted octanol–water partition coefficient (Wildman–Crippen LogP) is 5.85. The van der Waals surface area contributed by atoms with Crippen LogP contribution in [-0.2, 0) is 5.41 Å². The fourth-order valence-corrected chi connectivity index (χ4v) is 3.04. The minimum absolute atomic E-state index is 0.154. The van der Waals surface area contributed by atoms with Gasteiger partial charge >= 0.3 is 0 Å². The second-order valence-corrected chi connectivity index (χ2v) is 5.60. The van der Waals surface area contributed by atoms with Crippen LogP contribution < -0.4 is 0 Å². The van der Waals surface area contributed by atoms with Crippen LogP contribution in [0.5, 0.6) is 0 Å². The number of hydrogen-bond donors (Lipinski definition) is 0. The van der Waals surface area contributed by atoms with E-state index in [0.29, 0.717) is 0 Å². The molecule has 0 heteroatoms. The molecule has 0 saturated carbocycles. The molecule has 3 rings (SSSR count). The van der Waals surface area contributed by atoms with Crippen LogP contribution in [-0.4, -0.2) is 0 Å². The van der Waals surface area contributed by atoms with Crippen LogP contribution in [0, 0.1) is 0 Å². The SMILES string of the molecule is C=CC1=CCC(C=C)(c2ccccc2-c2ccccc2)C=C1. The summed E-state index contributed by atoms with van der Waals surface area (Å²) in [5.74, 6) is 0. The van der Waals surface area contributed by atoms with Gasteiger partial charge in [-0.05, 0) is 28.7 Å². The van der Waals surface area contributed by atoms with Crippen LogP contribution in [0.3, 0.4) is 0 Å². The van der Waals surface area contributed by atoms with Gasteiger partial charge in [0.25, 0.3) is 0 Å². The van der Waals surface area contributed by atoms with Crippen LogP contribution in [0.1, 0.15) is 12.0 Å². The first-order chi connectivity index (χ1) is 10.8. The number of hydrogen-bond acceptors (Lipinski definition) is 0. The molecule has 22 heavy (non-hydrogen) atoms. The average molecular weight is 284 g/mol. The minimum atomic E-state index is -0.154. The summed E-state index contributed by atoms with van der Waals surface area (Å²) < 4.78 is 0. The number of benzene rings is 2. The molecule has 0 saturated heterocycles. The minimum Gasteiger partial charge on any atom is -0.102 e. The zero-order valence-corrected chi connectivity index (χ0v) is 12.7. The molecule has 2 aromatic carbocycles. The van der Waals surface area contributed by atoms with Crippen molar-refractivity contribution in [1.29, 1.82) is 0 Å². The maximum atomic E-state index is 4.11. The molecule has 1 aliphatic carbocycles. The molecule has 0 spiro atoms. The van der Waals surface area contributed by atoms with Crippen molar-refractivity contribution in [3.63, 3.8) is 0 Å². The monoisotopic (exact) mass is 284 g/mol. The smallest absolute Gasteiger partial charge is 0.0353 e. The molecule has 1 unspecified atom stereocenters. The van der Waals surface area contributed by atoms with Gasteiger partial charge in [-0.25, -0.2) is 0 Å². The van der Waals surface area contributed by atoms with Gasteiger partial charge in [0.15, 0.2) is 0 Å². The topological polar surface area (TPSA) is 0 Å². The van der Waals surface area contributed by atoms with Crippen molar-refractivity contribution in [2.24, 2.45) is 0 Å². The van der Waals surface area contributed by atoms with Crippen molar-refractivity contribution in [3.8, 4) is 11.1 Å². The number of rotatable bonds is 4. The quantitative estimate of drug-likeness (QED) is 0.618. The Hall–Kier alpha value is -2.60. The van der Waals surface area contributed by atoms with E-state index in [9.17, 15) is 0 Å². The maximum absolute atomic E-state index is 4.11. The van der Waals surface area contributed by atoms with E-state index in [4.69, 9.17) is 0 Å². The van der Waals surface area contributed by atoms with E-state index >= 15 is 0 Å². The normalized spacial score (nSPS) is 20.3. The molecule has 0 fully saturated rings. The molecule has 1 aliphatic rings. The lowest BCUT2D eigenvalue weighted by Gasteiger charge is -2.31. The highest BCUT2D eigenvalue weighted by Crippen LogP contribution is 2.40. The van der Waals surface area contributed by atoms with Crippen LogP contribution in [0.25, 0.3) is 11.1 Å². The second-order valence-electron chi connectivity index (χ2n) is 5.60. The molecule has 0 heterocycles. The van der Waals surface area contributed by atoms with Crippen molar-refractivity contribution in [3.05, 3.63) is 109 Å². The predicted molar refractivity (Wildman–Crippen MR) is 95.8 cm³/mol. The fourth-order valence-electron chi connectivity index (χ4n) is 3.04. The van der Waals surface area contributed by atoms with Crippen molar-refractivity contribution >= 4 is 0 Å². The largest absolute Gasteiger partial charge is 0.102 e. The fraction of sp³-hybridized carbons (Fsp3) is 0.0909. The summed E-state index contributed by atoms with van der Waals surface area (Å²) in [7, 11) is 0. The summed E-state index contributed by atoms with van der Waals surface area (Å²) in [5, 5.41) is 0. The Bertz CT molecular complexity index is 747. The lowest BCUT2D eigenvalue weighted by molar-refractivity contribution is 0.676. The molecular weight excluding hydrogens is 264 g/mol. The van der Waals surface area contributed by atoms with Gasteiger partial charge in [-0.1, -0.05) is 91.6 Å². The first kappa shape index (κ1) is 14.3. The molecule has 0 radical (unpaired) electrons. The van der Waals surface area contributed by atoms with E-state index in [1.54, 1.807) is 0 Å². The number of allylic oxidation sites excluding steroid dienone is 6. The molecule has 0 N–H and O–H groups in total. The molecule has 0 bridgehead atoms. The first-order valence-corrected chi connectivity index (χ1v) is 7.59. The highest BCUT2D eigenvalue weighted by Gasteiger charge is 2.29. The van der Waals surface area contributed by atoms with Crippen LogP contribution in [0.4, 0.5) is 0 Å². The van der Waals surface area contributed by atoms with E-state index in [-0.39, 0.29) is 5.41 Å². The van der Waals surface area contributed by atoms with Gasteiger partial charge in [0.2, 0.25) is 0 Å². The van der Waals surface area contributed by atoms with E-state index < -0.39 is 0 Å². The van der Waals surface area contributed by atoms with Gasteiger partial charge < -0.3 is 0 Å². The Morgan fingerprint density at radius 2 is 1.64 bits per heavy atom. The summed E-state index contributed by atoms with van der Waals surface area (Å²) in [6.07, 6.45) is 11.5. The second kappa shape index (κ2) is 6.03. The zero-order valence-electron chi connectivity index (χ0n) is 12.7. The first-order valence-electron chi connectivity index (χ1n) is 7.59. The molecule has 0 amide bonds. The van der Waals surface area contributed by atoms with Crippen LogP contribution in [0.2, 0.25) is 0 Å². The van der Waals surface area contributed by atoms with E-state index in [2.05, 4.69) is 92.1 Å². The Labute approximate surface area is 132 Å². The van der Waals surface area contributed by atoms with Crippen molar-refractivity contribution in [2.75, 3.05) is 0 Å². The molecule has 1 atom stereocenters. The van der Waals surface area contributed by atoms with Crippen molar-refractivity contribution < 1.29 is 0 Å². The summed E-state index contributed by atoms with van der Waals surface area (Å²) in [4.78, 5) is 0. The third kappa shape index (κ3) is 2.48. The lowest BCUT2D eigenvalue weighted by atomic mass is 9.72. The Morgan fingerprint density at radius 3 is 2.27 bits per heavy atom. The molecule has 0 aliphatic heterocycles. The zero-order chi connectivity index (χ0) is 15.4. The van der Waals surface area contributed by atoms with Crippen molar-refractivity contribution in [1.82, 2.24) is 0 Å². The van der Waals surface area contributed by atoms with Gasteiger partial charge in [-0.2, -0.15) is 0 Å². The standard InChI is InChI=1S/C22H20/c1-3-18-14-16-22(4-2,17-15-18)21-13-9-8-12-20(21)19-10-6-5-7-11-19/h3-16H,1-2,17H2. The van der Waals surface area contributed by atoms with Gasteiger partial charge in [-0.3, -0.25) is 0 Å². The molecule has 108 valence electrons. The summed E-state index contributed by atoms with van der Waals surface area (Å²) in [6.45, 7) is 7.96. The van der Waals surface area contributed by atoms with E-state index in [0.717, 1.165) is 6.42 Å².